The average Bonchev–Trinajstić information content (AvgIpc) is 3.47. The molecule has 0 unspecified atom stereocenters. The number of ether oxygens (including phenoxy) is 1. The summed E-state index contributed by atoms with van der Waals surface area (Å²) in [5.74, 6) is -3.22. The number of hydrogen-bond donors (Lipinski definition) is 1. The Balaban J connectivity index is 1.54. The molecule has 2 N–H and O–H groups in total. The zero-order valence-electron chi connectivity index (χ0n) is 17.3. The first-order valence-corrected chi connectivity index (χ1v) is 12.4. The van der Waals surface area contributed by atoms with Gasteiger partial charge in [0.15, 0.2) is 44.1 Å². The van der Waals surface area contributed by atoms with Crippen LogP contribution in [-0.4, -0.2) is 37.3 Å². The van der Waals surface area contributed by atoms with Crippen LogP contribution in [0.2, 0.25) is 5.02 Å². The Hall–Kier alpha value is -3.75. The van der Waals surface area contributed by atoms with Gasteiger partial charge in [-0.05, 0) is 35.8 Å². The van der Waals surface area contributed by atoms with Crippen LogP contribution in [0.1, 0.15) is 5.01 Å². The highest BCUT2D eigenvalue weighted by atomic mass is 35.5. The molecule has 0 saturated carbocycles. The standard InChI is InChI=1S/C20H12ClF2N7O3S2/c21-10-1-2-14(13(3-10)30-9-28-18-19(24)26-7-27-20(18)30)33-15-4-12(23)16(5-11(15)22)35(31,32)6-17-25-8-29-34-17/h1-5,7-9H,6H2,(H2,24,26,27). The number of nitrogens with zero attached hydrogens (tertiary/aromatic N) is 6. The number of halogens is 3. The molecule has 0 saturated heterocycles. The molecule has 0 aliphatic carbocycles. The van der Waals surface area contributed by atoms with Gasteiger partial charge in [-0.1, -0.05) is 11.6 Å². The van der Waals surface area contributed by atoms with E-state index in [0.29, 0.717) is 34.0 Å². The Morgan fingerprint density at radius 3 is 2.63 bits per heavy atom. The van der Waals surface area contributed by atoms with Crippen molar-refractivity contribution in [3.63, 3.8) is 0 Å². The molecule has 5 aromatic rings. The molecule has 0 amide bonds. The summed E-state index contributed by atoms with van der Waals surface area (Å²) in [5.41, 5.74) is 6.78. The Bertz CT molecular complexity index is 1680. The number of nitrogens with two attached hydrogens (primary N) is 1. The third-order valence-electron chi connectivity index (χ3n) is 4.80. The smallest absolute Gasteiger partial charge is 0.187 e. The lowest BCUT2D eigenvalue weighted by molar-refractivity contribution is 0.430. The van der Waals surface area contributed by atoms with Gasteiger partial charge in [0.2, 0.25) is 0 Å². The van der Waals surface area contributed by atoms with Gasteiger partial charge >= 0.3 is 0 Å². The number of rotatable bonds is 6. The monoisotopic (exact) mass is 535 g/mol. The number of hydrogen-bond acceptors (Lipinski definition) is 10. The minimum atomic E-state index is -4.22. The van der Waals surface area contributed by atoms with Crippen molar-refractivity contribution in [3.8, 4) is 17.2 Å². The van der Waals surface area contributed by atoms with Crippen molar-refractivity contribution in [2.45, 2.75) is 10.6 Å². The predicted molar refractivity (Wildman–Crippen MR) is 123 cm³/mol. The van der Waals surface area contributed by atoms with Crippen molar-refractivity contribution >= 4 is 50.0 Å². The molecule has 5 rings (SSSR count). The molecule has 2 aromatic carbocycles. The fourth-order valence-electron chi connectivity index (χ4n) is 3.24. The lowest BCUT2D eigenvalue weighted by Crippen LogP contribution is -2.08. The van der Waals surface area contributed by atoms with Crippen molar-refractivity contribution in [1.82, 2.24) is 28.9 Å². The van der Waals surface area contributed by atoms with E-state index in [4.69, 9.17) is 22.1 Å². The van der Waals surface area contributed by atoms with Crippen molar-refractivity contribution in [2.24, 2.45) is 0 Å². The van der Waals surface area contributed by atoms with Crippen LogP contribution in [0.25, 0.3) is 16.9 Å². The fraction of sp³-hybridized carbons (Fsp3) is 0.0500. The number of benzene rings is 2. The van der Waals surface area contributed by atoms with Crippen LogP contribution < -0.4 is 10.5 Å². The molecule has 15 heteroatoms. The van der Waals surface area contributed by atoms with E-state index in [1.165, 1.54) is 41.7 Å². The highest BCUT2D eigenvalue weighted by molar-refractivity contribution is 7.90. The Morgan fingerprint density at radius 1 is 1.03 bits per heavy atom. The van der Waals surface area contributed by atoms with Gasteiger partial charge in [-0.25, -0.2) is 37.1 Å². The van der Waals surface area contributed by atoms with E-state index >= 15 is 0 Å². The van der Waals surface area contributed by atoms with Gasteiger partial charge in [-0.2, -0.15) is 4.37 Å². The average molecular weight is 536 g/mol. The van der Waals surface area contributed by atoms with Crippen LogP contribution in [0.3, 0.4) is 0 Å². The molecule has 3 heterocycles. The maximum absolute atomic E-state index is 14.9. The van der Waals surface area contributed by atoms with Crippen molar-refractivity contribution in [2.75, 3.05) is 5.73 Å². The lowest BCUT2D eigenvalue weighted by Gasteiger charge is -2.14. The second-order valence-corrected chi connectivity index (χ2v) is 10.3. The lowest BCUT2D eigenvalue weighted by atomic mass is 10.2. The first kappa shape index (κ1) is 23.0. The summed E-state index contributed by atoms with van der Waals surface area (Å²) < 4.78 is 65.8. The summed E-state index contributed by atoms with van der Waals surface area (Å²) in [6, 6.07) is 5.65. The summed E-state index contributed by atoms with van der Waals surface area (Å²) in [6.07, 6.45) is 3.82. The zero-order valence-corrected chi connectivity index (χ0v) is 19.7. The van der Waals surface area contributed by atoms with Crippen molar-refractivity contribution in [3.05, 3.63) is 71.0 Å². The van der Waals surface area contributed by atoms with Gasteiger partial charge in [0.1, 0.15) is 40.5 Å². The highest BCUT2D eigenvalue weighted by Gasteiger charge is 2.25. The van der Waals surface area contributed by atoms with E-state index in [1.807, 2.05) is 0 Å². The molecule has 0 fully saturated rings. The molecule has 0 aliphatic heterocycles. The van der Waals surface area contributed by atoms with Crippen LogP contribution >= 0.6 is 23.1 Å². The van der Waals surface area contributed by atoms with Crippen LogP contribution in [-0.2, 0) is 15.6 Å². The number of aromatic nitrogens is 6. The fourth-order valence-corrected chi connectivity index (χ4v) is 5.59. The Kier molecular flexibility index (Phi) is 5.78. The number of sulfone groups is 1. The molecular weight excluding hydrogens is 524 g/mol. The van der Waals surface area contributed by atoms with Gasteiger partial charge in [0.25, 0.3) is 0 Å². The van der Waals surface area contributed by atoms with Crippen LogP contribution in [0, 0.1) is 11.6 Å². The highest BCUT2D eigenvalue weighted by Crippen LogP contribution is 2.35. The van der Waals surface area contributed by atoms with Gasteiger partial charge in [-0.15, -0.1) is 0 Å². The van der Waals surface area contributed by atoms with Gasteiger partial charge < -0.3 is 10.5 Å². The van der Waals surface area contributed by atoms with E-state index < -0.39 is 37.9 Å². The predicted octanol–water partition coefficient (Wildman–Crippen LogP) is 3.95. The minimum Gasteiger partial charge on any atom is -0.452 e. The van der Waals surface area contributed by atoms with Gasteiger partial charge in [0, 0.05) is 11.1 Å². The van der Waals surface area contributed by atoms with E-state index in [2.05, 4.69) is 24.3 Å². The van der Waals surface area contributed by atoms with Gasteiger partial charge in [-0.3, -0.25) is 4.57 Å². The molecule has 0 spiro atoms. The quantitative estimate of drug-likeness (QED) is 0.342. The largest absolute Gasteiger partial charge is 0.452 e. The molecule has 35 heavy (non-hydrogen) atoms. The van der Waals surface area contributed by atoms with Crippen molar-refractivity contribution in [1.29, 1.82) is 0 Å². The first-order valence-electron chi connectivity index (χ1n) is 9.61. The maximum Gasteiger partial charge on any atom is 0.187 e. The van der Waals surface area contributed by atoms with Gasteiger partial charge in [0.05, 0.1) is 5.69 Å². The summed E-state index contributed by atoms with van der Waals surface area (Å²) in [4.78, 5) is 15.2. The third-order valence-corrected chi connectivity index (χ3v) is 7.52. The Morgan fingerprint density at radius 2 is 1.86 bits per heavy atom. The summed E-state index contributed by atoms with van der Waals surface area (Å²) in [7, 11) is -4.22. The molecule has 0 atom stereocenters. The SMILES string of the molecule is Nc1ncnc2c1ncn2-c1cc(Cl)ccc1Oc1cc(F)c(S(=O)(=O)Cc2ncns2)cc1F. The van der Waals surface area contributed by atoms with E-state index in [1.54, 1.807) is 0 Å². The van der Waals surface area contributed by atoms with Crippen LogP contribution in [0.5, 0.6) is 11.5 Å². The Labute approximate surface area is 205 Å². The topological polar surface area (TPSA) is 139 Å². The number of imidazole rings is 1. The molecule has 0 radical (unpaired) electrons. The summed E-state index contributed by atoms with van der Waals surface area (Å²) in [5, 5.41) is 0.467. The third kappa shape index (κ3) is 4.38. The number of anilines is 1. The van der Waals surface area contributed by atoms with Crippen LogP contribution in [0.4, 0.5) is 14.6 Å². The minimum absolute atomic E-state index is 0.0636. The molecule has 0 aliphatic rings. The summed E-state index contributed by atoms with van der Waals surface area (Å²) >= 11 is 6.99. The molecule has 3 aromatic heterocycles. The van der Waals surface area contributed by atoms with E-state index in [9.17, 15) is 17.2 Å². The maximum atomic E-state index is 14.9. The zero-order chi connectivity index (χ0) is 24.7. The molecule has 178 valence electrons. The molecule has 10 nitrogen and oxygen atoms in total. The number of fused-ring (bicyclic) bond motifs is 1. The molecular formula is C20H12ClF2N7O3S2. The second-order valence-electron chi connectivity index (χ2n) is 7.07. The first-order chi connectivity index (χ1) is 16.7. The normalized spacial score (nSPS) is 11.7. The van der Waals surface area contributed by atoms with E-state index in [-0.39, 0.29) is 16.6 Å². The molecule has 0 bridgehead atoms. The second kappa shape index (κ2) is 8.79. The number of nitrogen functional groups attached to an aromatic ring is 1. The van der Waals surface area contributed by atoms with E-state index in [0.717, 1.165) is 11.5 Å². The summed E-state index contributed by atoms with van der Waals surface area (Å²) in [6.45, 7) is 0. The van der Waals surface area contributed by atoms with Crippen LogP contribution in [0.15, 0.2) is 54.2 Å². The van der Waals surface area contributed by atoms with Crippen molar-refractivity contribution < 1.29 is 21.9 Å².